The number of hydrogen-bond donors (Lipinski definition) is 2. The standard InChI is InChI=1S/C18H31N3O.HI/c1-4-7-12-20-18(19-6-3)21-14-16-10-8-9-11-17(16)15-22-13-5-2;/h8-11H,4-7,12-15H2,1-3H3,(H2,19,20,21);1H. The topological polar surface area (TPSA) is 45.7 Å². The minimum atomic E-state index is 0. The number of ether oxygens (including phenoxy) is 1. The fourth-order valence-electron chi connectivity index (χ4n) is 2.07. The second-order valence-corrected chi connectivity index (χ2v) is 5.30. The lowest BCUT2D eigenvalue weighted by molar-refractivity contribution is 0.121. The highest BCUT2D eigenvalue weighted by atomic mass is 127. The Morgan fingerprint density at radius 2 is 1.78 bits per heavy atom. The predicted octanol–water partition coefficient (Wildman–Crippen LogP) is 4.09. The lowest BCUT2D eigenvalue weighted by Crippen LogP contribution is -2.37. The van der Waals surface area contributed by atoms with Gasteiger partial charge in [-0.2, -0.15) is 0 Å². The van der Waals surface area contributed by atoms with E-state index in [0.29, 0.717) is 13.2 Å². The maximum atomic E-state index is 5.66. The number of unbranched alkanes of at least 4 members (excludes halogenated alkanes) is 1. The van der Waals surface area contributed by atoms with E-state index in [0.717, 1.165) is 38.5 Å². The molecule has 0 bridgehead atoms. The van der Waals surface area contributed by atoms with Gasteiger partial charge in [-0.25, -0.2) is 4.99 Å². The number of aliphatic imine (C=N–C) groups is 1. The van der Waals surface area contributed by atoms with Crippen LogP contribution in [0.2, 0.25) is 0 Å². The van der Waals surface area contributed by atoms with Crippen LogP contribution < -0.4 is 10.6 Å². The van der Waals surface area contributed by atoms with Crippen LogP contribution in [-0.2, 0) is 17.9 Å². The fraction of sp³-hybridized carbons (Fsp3) is 0.611. The lowest BCUT2D eigenvalue weighted by atomic mass is 10.1. The van der Waals surface area contributed by atoms with Crippen molar-refractivity contribution >= 4 is 29.9 Å². The van der Waals surface area contributed by atoms with Gasteiger partial charge < -0.3 is 15.4 Å². The zero-order chi connectivity index (χ0) is 16.0. The Morgan fingerprint density at radius 3 is 2.43 bits per heavy atom. The summed E-state index contributed by atoms with van der Waals surface area (Å²) in [6, 6.07) is 8.37. The first kappa shape index (κ1) is 22.2. The van der Waals surface area contributed by atoms with Crippen molar-refractivity contribution in [3.05, 3.63) is 35.4 Å². The molecule has 132 valence electrons. The van der Waals surface area contributed by atoms with Crippen molar-refractivity contribution in [1.82, 2.24) is 10.6 Å². The molecule has 1 aromatic carbocycles. The summed E-state index contributed by atoms with van der Waals surface area (Å²) in [5.74, 6) is 0.889. The number of rotatable bonds is 10. The van der Waals surface area contributed by atoms with Gasteiger partial charge in [0.25, 0.3) is 0 Å². The van der Waals surface area contributed by atoms with Crippen LogP contribution in [0.1, 0.15) is 51.2 Å². The van der Waals surface area contributed by atoms with Gasteiger partial charge in [0.1, 0.15) is 0 Å². The summed E-state index contributed by atoms with van der Waals surface area (Å²) in [5.41, 5.74) is 2.45. The van der Waals surface area contributed by atoms with E-state index in [1.165, 1.54) is 17.5 Å². The molecule has 0 aliphatic rings. The van der Waals surface area contributed by atoms with Crippen molar-refractivity contribution in [2.45, 2.75) is 53.2 Å². The van der Waals surface area contributed by atoms with Crippen LogP contribution in [0.15, 0.2) is 29.3 Å². The van der Waals surface area contributed by atoms with Gasteiger partial charge in [0.15, 0.2) is 5.96 Å². The maximum Gasteiger partial charge on any atom is 0.191 e. The van der Waals surface area contributed by atoms with Crippen LogP contribution in [-0.4, -0.2) is 25.7 Å². The van der Waals surface area contributed by atoms with E-state index in [1.54, 1.807) is 0 Å². The molecule has 1 rings (SSSR count). The van der Waals surface area contributed by atoms with Crippen LogP contribution in [0.3, 0.4) is 0 Å². The summed E-state index contributed by atoms with van der Waals surface area (Å²) in [7, 11) is 0. The molecule has 0 radical (unpaired) electrons. The van der Waals surface area contributed by atoms with Gasteiger partial charge in [0.05, 0.1) is 13.2 Å². The molecular weight excluding hydrogens is 401 g/mol. The van der Waals surface area contributed by atoms with Gasteiger partial charge in [0.2, 0.25) is 0 Å². The molecular formula is C18H32IN3O. The summed E-state index contributed by atoms with van der Waals surface area (Å²) >= 11 is 0. The zero-order valence-electron chi connectivity index (χ0n) is 14.7. The van der Waals surface area contributed by atoms with Crippen molar-refractivity contribution < 1.29 is 4.74 Å². The Bertz CT molecular complexity index is 438. The molecule has 1 aromatic rings. The van der Waals surface area contributed by atoms with Crippen LogP contribution in [0.4, 0.5) is 0 Å². The molecule has 0 saturated carbocycles. The molecule has 2 N–H and O–H groups in total. The minimum Gasteiger partial charge on any atom is -0.377 e. The lowest BCUT2D eigenvalue weighted by Gasteiger charge is -2.12. The Balaban J connectivity index is 0.00000484. The van der Waals surface area contributed by atoms with E-state index in [1.807, 2.05) is 0 Å². The Morgan fingerprint density at radius 1 is 1.04 bits per heavy atom. The Kier molecular flexibility index (Phi) is 14.2. The molecule has 0 fully saturated rings. The van der Waals surface area contributed by atoms with Crippen molar-refractivity contribution in [3.63, 3.8) is 0 Å². The van der Waals surface area contributed by atoms with E-state index < -0.39 is 0 Å². The highest BCUT2D eigenvalue weighted by molar-refractivity contribution is 14.0. The number of nitrogens with zero attached hydrogens (tertiary/aromatic N) is 1. The quantitative estimate of drug-likeness (QED) is 0.253. The highest BCUT2D eigenvalue weighted by Crippen LogP contribution is 2.11. The number of guanidine groups is 1. The normalized spacial score (nSPS) is 11.0. The van der Waals surface area contributed by atoms with Gasteiger partial charge in [-0.1, -0.05) is 44.5 Å². The summed E-state index contributed by atoms with van der Waals surface area (Å²) in [6.45, 7) is 10.4. The molecule has 0 aliphatic carbocycles. The van der Waals surface area contributed by atoms with E-state index in [9.17, 15) is 0 Å². The maximum absolute atomic E-state index is 5.66. The van der Waals surface area contributed by atoms with Crippen molar-refractivity contribution in [2.24, 2.45) is 4.99 Å². The van der Waals surface area contributed by atoms with Crippen LogP contribution >= 0.6 is 24.0 Å². The summed E-state index contributed by atoms with van der Waals surface area (Å²) < 4.78 is 5.66. The van der Waals surface area contributed by atoms with E-state index in [4.69, 9.17) is 4.74 Å². The third kappa shape index (κ3) is 9.81. The monoisotopic (exact) mass is 433 g/mol. The van der Waals surface area contributed by atoms with Gasteiger partial charge in [0, 0.05) is 19.7 Å². The molecule has 0 saturated heterocycles. The Labute approximate surface area is 158 Å². The van der Waals surface area contributed by atoms with Crippen molar-refractivity contribution in [3.8, 4) is 0 Å². The predicted molar refractivity (Wildman–Crippen MR) is 110 cm³/mol. The summed E-state index contributed by atoms with van der Waals surface area (Å²) in [4.78, 5) is 4.68. The van der Waals surface area contributed by atoms with Gasteiger partial charge in [-0.15, -0.1) is 24.0 Å². The average molecular weight is 433 g/mol. The average Bonchev–Trinajstić information content (AvgIpc) is 2.54. The van der Waals surface area contributed by atoms with E-state index >= 15 is 0 Å². The molecule has 0 amide bonds. The number of hydrogen-bond acceptors (Lipinski definition) is 2. The van der Waals surface area contributed by atoms with Crippen LogP contribution in [0.25, 0.3) is 0 Å². The van der Waals surface area contributed by atoms with E-state index in [-0.39, 0.29) is 24.0 Å². The number of benzene rings is 1. The molecule has 0 unspecified atom stereocenters. The molecule has 23 heavy (non-hydrogen) atoms. The van der Waals surface area contributed by atoms with Crippen LogP contribution in [0, 0.1) is 0 Å². The molecule has 5 heteroatoms. The van der Waals surface area contributed by atoms with E-state index in [2.05, 4.69) is 60.7 Å². The SMILES string of the molecule is CCCCNC(=NCc1ccccc1COCCC)NCC.I. The third-order valence-corrected chi connectivity index (χ3v) is 3.30. The second-order valence-electron chi connectivity index (χ2n) is 5.30. The van der Waals surface area contributed by atoms with Crippen LogP contribution in [0.5, 0.6) is 0 Å². The number of nitrogens with one attached hydrogen (secondary N) is 2. The molecule has 0 spiro atoms. The first-order chi connectivity index (χ1) is 10.8. The molecule has 4 nitrogen and oxygen atoms in total. The van der Waals surface area contributed by atoms with Gasteiger partial charge in [-0.3, -0.25) is 0 Å². The second kappa shape index (κ2) is 14.8. The first-order valence-corrected chi connectivity index (χ1v) is 8.48. The molecule has 0 atom stereocenters. The largest absolute Gasteiger partial charge is 0.377 e. The zero-order valence-corrected chi connectivity index (χ0v) is 17.1. The molecule has 0 heterocycles. The van der Waals surface area contributed by atoms with Gasteiger partial charge in [-0.05, 0) is 30.9 Å². The highest BCUT2D eigenvalue weighted by Gasteiger charge is 2.02. The first-order valence-electron chi connectivity index (χ1n) is 8.48. The molecule has 0 aromatic heterocycles. The fourth-order valence-corrected chi connectivity index (χ4v) is 2.07. The molecule has 0 aliphatic heterocycles. The van der Waals surface area contributed by atoms with Crippen molar-refractivity contribution in [2.75, 3.05) is 19.7 Å². The smallest absolute Gasteiger partial charge is 0.191 e. The van der Waals surface area contributed by atoms with Crippen molar-refractivity contribution in [1.29, 1.82) is 0 Å². The third-order valence-electron chi connectivity index (χ3n) is 3.30. The minimum absolute atomic E-state index is 0. The Hall–Kier alpha value is -0.820. The van der Waals surface area contributed by atoms with Gasteiger partial charge >= 0.3 is 0 Å². The summed E-state index contributed by atoms with van der Waals surface area (Å²) in [6.07, 6.45) is 3.39. The summed E-state index contributed by atoms with van der Waals surface area (Å²) in [5, 5.41) is 6.66. The number of halogens is 1.